The molecule has 1 aromatic heterocycles. The van der Waals surface area contributed by atoms with Crippen molar-refractivity contribution in [2.75, 3.05) is 10.6 Å². The van der Waals surface area contributed by atoms with E-state index in [9.17, 15) is 13.2 Å². The van der Waals surface area contributed by atoms with Gasteiger partial charge >= 0.3 is 0 Å². The maximum atomic E-state index is 12.6. The van der Waals surface area contributed by atoms with Crippen molar-refractivity contribution in [3.8, 4) is 5.69 Å². The Kier molecular flexibility index (Phi) is 7.00. The molecule has 0 bridgehead atoms. The van der Waals surface area contributed by atoms with Crippen LogP contribution in [-0.2, 0) is 23.1 Å². The summed E-state index contributed by atoms with van der Waals surface area (Å²) in [5.41, 5.74) is 3.68. The van der Waals surface area contributed by atoms with Crippen molar-refractivity contribution in [2.45, 2.75) is 13.1 Å². The van der Waals surface area contributed by atoms with E-state index in [1.165, 1.54) is 4.31 Å². The van der Waals surface area contributed by atoms with E-state index in [1.807, 2.05) is 35.0 Å². The fourth-order valence-corrected chi connectivity index (χ4v) is 4.51. The molecule has 4 aromatic rings. The van der Waals surface area contributed by atoms with Crippen LogP contribution in [0.1, 0.15) is 21.5 Å². The largest absolute Gasteiger partial charge is 0.348 e. The summed E-state index contributed by atoms with van der Waals surface area (Å²) in [6, 6.07) is 21.4. The highest BCUT2D eigenvalue weighted by Crippen LogP contribution is 2.24. The van der Waals surface area contributed by atoms with E-state index in [2.05, 4.69) is 10.3 Å². The number of hydrogen-bond donors (Lipinski definition) is 1. The zero-order valence-electron chi connectivity index (χ0n) is 18.4. The lowest BCUT2D eigenvalue weighted by molar-refractivity contribution is 0.0951. The predicted molar refractivity (Wildman–Crippen MR) is 134 cm³/mol. The van der Waals surface area contributed by atoms with Crippen LogP contribution in [0.15, 0.2) is 91.5 Å². The van der Waals surface area contributed by atoms with E-state index < -0.39 is 10.0 Å². The van der Waals surface area contributed by atoms with E-state index in [0.29, 0.717) is 22.8 Å². The molecule has 0 radical (unpaired) electrons. The molecule has 0 aliphatic rings. The molecule has 0 fully saturated rings. The third kappa shape index (κ3) is 5.84. The number of nitrogens with zero attached hydrogens (tertiary/aromatic N) is 3. The molecular weight excluding hydrogens is 472 g/mol. The SMILES string of the molecule is CS(=O)(=O)N(Cc1ccc(C(=O)NCc2ccc(-n3ccnc3)cc2)cc1)c1cccc(Cl)c1. The molecule has 0 atom stereocenters. The summed E-state index contributed by atoms with van der Waals surface area (Å²) >= 11 is 6.03. The number of imidazole rings is 1. The fraction of sp³-hybridized carbons (Fsp3) is 0.120. The van der Waals surface area contributed by atoms with Crippen molar-refractivity contribution in [3.63, 3.8) is 0 Å². The smallest absolute Gasteiger partial charge is 0.251 e. The molecule has 0 unspecified atom stereocenters. The number of anilines is 1. The number of nitrogens with one attached hydrogen (secondary N) is 1. The summed E-state index contributed by atoms with van der Waals surface area (Å²) in [7, 11) is -3.53. The second-order valence-corrected chi connectivity index (χ2v) is 10.1. The first-order valence-electron chi connectivity index (χ1n) is 10.5. The molecule has 0 spiro atoms. The molecule has 1 amide bonds. The van der Waals surface area contributed by atoms with Crippen LogP contribution in [-0.4, -0.2) is 30.1 Å². The average Bonchev–Trinajstić information content (AvgIpc) is 3.36. The normalized spacial score (nSPS) is 11.2. The van der Waals surface area contributed by atoms with Gasteiger partial charge in [-0.05, 0) is 53.6 Å². The summed E-state index contributed by atoms with van der Waals surface area (Å²) in [6.07, 6.45) is 6.46. The monoisotopic (exact) mass is 494 g/mol. The van der Waals surface area contributed by atoms with Gasteiger partial charge in [-0.2, -0.15) is 0 Å². The summed E-state index contributed by atoms with van der Waals surface area (Å²) in [5.74, 6) is -0.208. The topological polar surface area (TPSA) is 84.3 Å². The van der Waals surface area contributed by atoms with Crippen LogP contribution in [0.25, 0.3) is 5.69 Å². The molecule has 1 heterocycles. The Bertz CT molecular complexity index is 1370. The van der Waals surface area contributed by atoms with Crippen LogP contribution in [0.2, 0.25) is 5.02 Å². The minimum Gasteiger partial charge on any atom is -0.348 e. The van der Waals surface area contributed by atoms with Crippen molar-refractivity contribution < 1.29 is 13.2 Å². The number of sulfonamides is 1. The lowest BCUT2D eigenvalue weighted by Crippen LogP contribution is -2.29. The average molecular weight is 495 g/mol. The number of carbonyl (C=O) groups excluding carboxylic acids is 1. The molecule has 0 saturated carbocycles. The fourth-order valence-electron chi connectivity index (χ4n) is 3.44. The standard InChI is InChI=1S/C25H23ClN4O3S/c1-34(32,33)30(24-4-2-3-22(26)15-24)17-20-5-9-21(10-6-20)25(31)28-16-19-7-11-23(12-8-19)29-14-13-27-18-29/h2-15,18H,16-17H2,1H3,(H,28,31). The lowest BCUT2D eigenvalue weighted by atomic mass is 10.1. The Hall–Kier alpha value is -3.62. The Labute approximate surface area is 203 Å². The molecule has 7 nitrogen and oxygen atoms in total. The van der Waals surface area contributed by atoms with Gasteiger partial charge in [-0.15, -0.1) is 0 Å². The Balaban J connectivity index is 1.39. The van der Waals surface area contributed by atoms with Gasteiger partial charge in [0.15, 0.2) is 0 Å². The first-order valence-corrected chi connectivity index (χ1v) is 12.7. The lowest BCUT2D eigenvalue weighted by Gasteiger charge is -2.22. The van der Waals surface area contributed by atoms with E-state index in [4.69, 9.17) is 11.6 Å². The number of carbonyl (C=O) groups is 1. The van der Waals surface area contributed by atoms with Gasteiger partial charge in [0.05, 0.1) is 24.8 Å². The highest BCUT2D eigenvalue weighted by molar-refractivity contribution is 7.92. The summed E-state index contributed by atoms with van der Waals surface area (Å²) < 4.78 is 27.9. The highest BCUT2D eigenvalue weighted by atomic mass is 35.5. The molecule has 1 N–H and O–H groups in total. The maximum absolute atomic E-state index is 12.6. The Morgan fingerprint density at radius 3 is 2.35 bits per heavy atom. The van der Waals surface area contributed by atoms with E-state index in [1.54, 1.807) is 61.1 Å². The van der Waals surface area contributed by atoms with Crippen molar-refractivity contribution in [1.29, 1.82) is 0 Å². The molecule has 3 aromatic carbocycles. The molecule has 0 saturated heterocycles. The van der Waals surface area contributed by atoms with Gasteiger partial charge in [-0.3, -0.25) is 9.10 Å². The van der Waals surface area contributed by atoms with Crippen LogP contribution in [0.5, 0.6) is 0 Å². The highest BCUT2D eigenvalue weighted by Gasteiger charge is 2.18. The van der Waals surface area contributed by atoms with Crippen LogP contribution in [0.3, 0.4) is 0 Å². The molecule has 34 heavy (non-hydrogen) atoms. The van der Waals surface area contributed by atoms with Gasteiger partial charge in [0, 0.05) is 35.2 Å². The minimum absolute atomic E-state index is 0.129. The second-order valence-electron chi connectivity index (χ2n) is 7.77. The van der Waals surface area contributed by atoms with Crippen molar-refractivity contribution >= 4 is 33.2 Å². The molecule has 174 valence electrons. The quantitative estimate of drug-likeness (QED) is 0.393. The summed E-state index contributed by atoms with van der Waals surface area (Å²) in [4.78, 5) is 16.6. The Morgan fingerprint density at radius 2 is 1.74 bits per heavy atom. The van der Waals surface area contributed by atoms with Crippen molar-refractivity contribution in [2.24, 2.45) is 0 Å². The van der Waals surface area contributed by atoms with Gasteiger partial charge in [0.25, 0.3) is 5.91 Å². The number of benzene rings is 3. The van der Waals surface area contributed by atoms with Gasteiger partial charge in [-0.25, -0.2) is 13.4 Å². The number of rotatable bonds is 8. The summed E-state index contributed by atoms with van der Waals surface area (Å²) in [5, 5.41) is 3.36. The zero-order valence-corrected chi connectivity index (χ0v) is 20.0. The molecule has 9 heteroatoms. The molecular formula is C25H23ClN4O3S. The first-order chi connectivity index (χ1) is 16.3. The number of halogens is 1. The van der Waals surface area contributed by atoms with Crippen LogP contribution < -0.4 is 9.62 Å². The third-order valence-electron chi connectivity index (χ3n) is 5.23. The van der Waals surface area contributed by atoms with Crippen molar-refractivity contribution in [3.05, 3.63) is 113 Å². The number of amides is 1. The Morgan fingerprint density at radius 1 is 1.03 bits per heavy atom. The van der Waals surface area contributed by atoms with Crippen molar-refractivity contribution in [1.82, 2.24) is 14.9 Å². The first kappa shape index (κ1) is 23.5. The van der Waals surface area contributed by atoms with Crippen LogP contribution in [0.4, 0.5) is 5.69 Å². The van der Waals surface area contributed by atoms with Crippen LogP contribution >= 0.6 is 11.6 Å². The van der Waals surface area contributed by atoms with Gasteiger partial charge in [0.1, 0.15) is 0 Å². The number of aromatic nitrogens is 2. The van der Waals surface area contributed by atoms with Gasteiger partial charge in [0.2, 0.25) is 10.0 Å². The number of hydrogen-bond acceptors (Lipinski definition) is 4. The van der Waals surface area contributed by atoms with Crippen LogP contribution in [0, 0.1) is 0 Å². The van der Waals surface area contributed by atoms with Gasteiger partial charge < -0.3 is 9.88 Å². The molecule has 0 aliphatic carbocycles. The second kappa shape index (κ2) is 10.1. The maximum Gasteiger partial charge on any atom is 0.251 e. The van der Waals surface area contributed by atoms with E-state index >= 15 is 0 Å². The van der Waals surface area contributed by atoms with E-state index in [0.717, 1.165) is 23.1 Å². The third-order valence-corrected chi connectivity index (χ3v) is 6.61. The van der Waals surface area contributed by atoms with E-state index in [-0.39, 0.29) is 12.5 Å². The zero-order chi connectivity index (χ0) is 24.1. The predicted octanol–water partition coefficient (Wildman–Crippen LogP) is 4.42. The summed E-state index contributed by atoms with van der Waals surface area (Å²) in [6.45, 7) is 0.520. The minimum atomic E-state index is -3.53. The molecule has 4 rings (SSSR count). The molecule has 0 aliphatic heterocycles. The van der Waals surface area contributed by atoms with Gasteiger partial charge in [-0.1, -0.05) is 41.9 Å².